The molecule has 0 bridgehead atoms. The highest BCUT2D eigenvalue weighted by molar-refractivity contribution is 5.41. The van der Waals surface area contributed by atoms with E-state index in [0.29, 0.717) is 6.61 Å². The standard InChI is InChI=1S/C13H14N2O/c14-15(13-9-5-2-6-10-13)16-11-12-7-3-1-4-8-12/h1-10H,11,14H2. The topological polar surface area (TPSA) is 38.5 Å². The summed E-state index contributed by atoms with van der Waals surface area (Å²) in [5, 5.41) is 1.28. The van der Waals surface area contributed by atoms with Crippen LogP contribution in [0.5, 0.6) is 0 Å². The maximum atomic E-state index is 5.75. The molecule has 0 aliphatic heterocycles. The predicted molar refractivity (Wildman–Crippen MR) is 64.3 cm³/mol. The number of hydrogen-bond donors (Lipinski definition) is 1. The molecular formula is C13H14N2O. The monoisotopic (exact) mass is 214 g/mol. The predicted octanol–water partition coefficient (Wildman–Crippen LogP) is 2.50. The Labute approximate surface area is 95.0 Å². The van der Waals surface area contributed by atoms with Crippen LogP contribution < -0.4 is 11.0 Å². The van der Waals surface area contributed by atoms with Crippen molar-refractivity contribution in [2.75, 3.05) is 5.17 Å². The molecule has 0 atom stereocenters. The maximum absolute atomic E-state index is 5.75. The molecule has 2 aromatic carbocycles. The van der Waals surface area contributed by atoms with Crippen molar-refractivity contribution in [3.63, 3.8) is 0 Å². The molecule has 2 rings (SSSR count). The van der Waals surface area contributed by atoms with Crippen molar-refractivity contribution in [1.82, 2.24) is 0 Å². The molecule has 0 radical (unpaired) electrons. The zero-order chi connectivity index (χ0) is 11.2. The second-order valence-corrected chi connectivity index (χ2v) is 3.42. The SMILES string of the molecule is NN(OCc1ccccc1)c1ccccc1. The normalized spacial score (nSPS) is 10.1. The Kier molecular flexibility index (Phi) is 3.53. The highest BCUT2D eigenvalue weighted by atomic mass is 16.7. The van der Waals surface area contributed by atoms with E-state index in [-0.39, 0.29) is 0 Å². The number of benzene rings is 2. The van der Waals surface area contributed by atoms with Gasteiger partial charge in [0.2, 0.25) is 0 Å². The lowest BCUT2D eigenvalue weighted by atomic mass is 10.2. The van der Waals surface area contributed by atoms with Gasteiger partial charge in [-0.05, 0) is 17.7 Å². The van der Waals surface area contributed by atoms with E-state index in [9.17, 15) is 0 Å². The van der Waals surface area contributed by atoms with E-state index < -0.39 is 0 Å². The number of rotatable bonds is 4. The summed E-state index contributed by atoms with van der Waals surface area (Å²) < 4.78 is 0. The Hall–Kier alpha value is -1.84. The van der Waals surface area contributed by atoms with Crippen molar-refractivity contribution in [2.24, 2.45) is 5.84 Å². The number of nitrogens with two attached hydrogens (primary N) is 1. The fourth-order valence-corrected chi connectivity index (χ4v) is 1.37. The summed E-state index contributed by atoms with van der Waals surface area (Å²) in [6.45, 7) is 0.465. The lowest BCUT2D eigenvalue weighted by Gasteiger charge is -2.17. The Morgan fingerprint density at radius 3 is 2.06 bits per heavy atom. The molecule has 0 heterocycles. The molecule has 82 valence electrons. The second-order valence-electron chi connectivity index (χ2n) is 3.42. The van der Waals surface area contributed by atoms with Crippen molar-refractivity contribution >= 4 is 5.69 Å². The number of para-hydroxylation sites is 1. The quantitative estimate of drug-likeness (QED) is 0.627. The van der Waals surface area contributed by atoms with Crippen LogP contribution in [-0.4, -0.2) is 0 Å². The first-order chi connectivity index (χ1) is 7.86. The maximum Gasteiger partial charge on any atom is 0.102 e. The van der Waals surface area contributed by atoms with E-state index in [1.165, 1.54) is 5.17 Å². The molecule has 0 unspecified atom stereocenters. The van der Waals surface area contributed by atoms with E-state index in [2.05, 4.69) is 0 Å². The first-order valence-electron chi connectivity index (χ1n) is 5.13. The third-order valence-corrected chi connectivity index (χ3v) is 2.22. The van der Waals surface area contributed by atoms with E-state index in [1.54, 1.807) is 0 Å². The van der Waals surface area contributed by atoms with Crippen molar-refractivity contribution < 1.29 is 4.84 Å². The highest BCUT2D eigenvalue weighted by Crippen LogP contribution is 2.11. The zero-order valence-corrected chi connectivity index (χ0v) is 8.91. The summed E-state index contributed by atoms with van der Waals surface area (Å²) in [4.78, 5) is 5.43. The van der Waals surface area contributed by atoms with Gasteiger partial charge in [0.15, 0.2) is 0 Å². The summed E-state index contributed by atoms with van der Waals surface area (Å²) in [5.41, 5.74) is 1.92. The van der Waals surface area contributed by atoms with Gasteiger partial charge in [0, 0.05) is 0 Å². The van der Waals surface area contributed by atoms with Gasteiger partial charge in [-0.15, -0.1) is 0 Å². The second kappa shape index (κ2) is 5.30. The van der Waals surface area contributed by atoms with Crippen molar-refractivity contribution in [3.05, 3.63) is 66.2 Å². The third kappa shape index (κ3) is 2.82. The van der Waals surface area contributed by atoms with E-state index in [1.807, 2.05) is 60.7 Å². The van der Waals surface area contributed by atoms with Gasteiger partial charge in [-0.1, -0.05) is 48.5 Å². The number of hydrazine groups is 1. The van der Waals surface area contributed by atoms with Crippen LogP contribution >= 0.6 is 0 Å². The minimum Gasteiger partial charge on any atom is -0.253 e. The number of nitrogens with zero attached hydrogens (tertiary/aromatic N) is 1. The van der Waals surface area contributed by atoms with Crippen LogP contribution in [0.15, 0.2) is 60.7 Å². The van der Waals surface area contributed by atoms with Crippen molar-refractivity contribution in [3.8, 4) is 0 Å². The molecular weight excluding hydrogens is 200 g/mol. The molecule has 0 spiro atoms. The fraction of sp³-hybridized carbons (Fsp3) is 0.0769. The lowest BCUT2D eigenvalue weighted by Crippen LogP contribution is -2.30. The van der Waals surface area contributed by atoms with Gasteiger partial charge in [-0.2, -0.15) is 5.17 Å². The van der Waals surface area contributed by atoms with Crippen LogP contribution in [0.1, 0.15) is 5.56 Å². The van der Waals surface area contributed by atoms with Crippen LogP contribution in [0.3, 0.4) is 0 Å². The van der Waals surface area contributed by atoms with Gasteiger partial charge in [-0.25, -0.2) is 5.84 Å². The van der Waals surface area contributed by atoms with Crippen LogP contribution in [0.4, 0.5) is 5.69 Å². The van der Waals surface area contributed by atoms with Gasteiger partial charge >= 0.3 is 0 Å². The van der Waals surface area contributed by atoms with Crippen molar-refractivity contribution in [1.29, 1.82) is 0 Å². The summed E-state index contributed by atoms with van der Waals surface area (Å²) in [5.74, 6) is 5.75. The molecule has 0 aromatic heterocycles. The van der Waals surface area contributed by atoms with E-state index in [4.69, 9.17) is 10.7 Å². The Balaban J connectivity index is 1.92. The molecule has 0 aliphatic carbocycles. The van der Waals surface area contributed by atoms with Gasteiger partial charge < -0.3 is 0 Å². The molecule has 3 heteroatoms. The molecule has 0 saturated carbocycles. The minimum atomic E-state index is 0.465. The third-order valence-electron chi connectivity index (χ3n) is 2.22. The summed E-state index contributed by atoms with van der Waals surface area (Å²) >= 11 is 0. The summed E-state index contributed by atoms with van der Waals surface area (Å²) in [6.07, 6.45) is 0. The molecule has 16 heavy (non-hydrogen) atoms. The molecule has 0 aliphatic rings. The molecule has 0 saturated heterocycles. The van der Waals surface area contributed by atoms with Crippen molar-refractivity contribution in [2.45, 2.75) is 6.61 Å². The van der Waals surface area contributed by atoms with Gasteiger partial charge in [0.1, 0.15) is 6.61 Å². The van der Waals surface area contributed by atoms with Crippen LogP contribution in [0, 0.1) is 0 Å². The average molecular weight is 214 g/mol. The highest BCUT2D eigenvalue weighted by Gasteiger charge is 2.00. The number of hydrogen-bond acceptors (Lipinski definition) is 3. The van der Waals surface area contributed by atoms with E-state index >= 15 is 0 Å². The molecule has 2 aromatic rings. The Morgan fingerprint density at radius 2 is 1.44 bits per heavy atom. The smallest absolute Gasteiger partial charge is 0.102 e. The summed E-state index contributed by atoms with van der Waals surface area (Å²) in [6, 6.07) is 19.5. The first-order valence-corrected chi connectivity index (χ1v) is 5.13. The minimum absolute atomic E-state index is 0.465. The average Bonchev–Trinajstić information content (AvgIpc) is 2.38. The molecule has 0 fully saturated rings. The molecule has 3 nitrogen and oxygen atoms in total. The van der Waals surface area contributed by atoms with Crippen LogP contribution in [0.25, 0.3) is 0 Å². The zero-order valence-electron chi connectivity index (χ0n) is 8.91. The molecule has 2 N–H and O–H groups in total. The van der Waals surface area contributed by atoms with Gasteiger partial charge in [0.25, 0.3) is 0 Å². The van der Waals surface area contributed by atoms with Gasteiger partial charge in [-0.3, -0.25) is 4.84 Å². The van der Waals surface area contributed by atoms with Crippen LogP contribution in [-0.2, 0) is 11.4 Å². The molecule has 0 amide bonds. The number of anilines is 1. The Bertz CT molecular complexity index is 416. The van der Waals surface area contributed by atoms with E-state index in [0.717, 1.165) is 11.3 Å². The van der Waals surface area contributed by atoms with Gasteiger partial charge in [0.05, 0.1) is 5.69 Å². The summed E-state index contributed by atoms with van der Waals surface area (Å²) in [7, 11) is 0. The fourth-order valence-electron chi connectivity index (χ4n) is 1.37. The largest absolute Gasteiger partial charge is 0.253 e. The lowest BCUT2D eigenvalue weighted by molar-refractivity contribution is 0.0948. The first kappa shape index (κ1) is 10.7. The van der Waals surface area contributed by atoms with Crippen LogP contribution in [0.2, 0.25) is 0 Å². The Morgan fingerprint density at radius 1 is 0.875 bits per heavy atom.